The number of aromatic nitrogens is 1. The predicted octanol–water partition coefficient (Wildman–Crippen LogP) is 1.96. The van der Waals surface area contributed by atoms with Crippen molar-refractivity contribution < 1.29 is 8.42 Å². The lowest BCUT2D eigenvalue weighted by atomic mass is 10.3. The van der Waals surface area contributed by atoms with Crippen molar-refractivity contribution in [2.24, 2.45) is 0 Å². The van der Waals surface area contributed by atoms with Crippen molar-refractivity contribution in [2.75, 3.05) is 13.6 Å². The summed E-state index contributed by atoms with van der Waals surface area (Å²) < 4.78 is 28.3. The Bertz CT molecular complexity index is 559. The van der Waals surface area contributed by atoms with Crippen molar-refractivity contribution in [3.8, 4) is 0 Å². The summed E-state index contributed by atoms with van der Waals surface area (Å²) >= 11 is 0. The van der Waals surface area contributed by atoms with E-state index in [2.05, 4.69) is 23.7 Å². The number of sulfonamides is 1. The average molecular weight is 299 g/mol. The summed E-state index contributed by atoms with van der Waals surface area (Å²) in [6, 6.07) is 2.68. The summed E-state index contributed by atoms with van der Waals surface area (Å²) in [6.07, 6.45) is 4.09. The highest BCUT2D eigenvalue weighted by Crippen LogP contribution is 2.37. The van der Waals surface area contributed by atoms with E-state index < -0.39 is 10.0 Å². The van der Waals surface area contributed by atoms with E-state index in [0.29, 0.717) is 30.1 Å². The molecule has 0 saturated heterocycles. The number of rotatable bonds is 7. The molecule has 0 unspecified atom stereocenters. The van der Waals surface area contributed by atoms with Crippen LogP contribution in [-0.2, 0) is 16.6 Å². The molecule has 1 aromatic rings. The van der Waals surface area contributed by atoms with E-state index in [9.17, 15) is 8.42 Å². The fraction of sp³-hybridized carbons (Fsp3) is 0.714. The fourth-order valence-corrected chi connectivity index (χ4v) is 3.36. The van der Waals surface area contributed by atoms with Gasteiger partial charge in [-0.1, -0.05) is 20.8 Å². The number of nitrogens with one attached hydrogen (secondary N) is 1. The van der Waals surface area contributed by atoms with Gasteiger partial charge in [0.2, 0.25) is 10.0 Å². The summed E-state index contributed by atoms with van der Waals surface area (Å²) in [4.78, 5) is 0.411. The second-order valence-corrected chi connectivity index (χ2v) is 7.81. The summed E-state index contributed by atoms with van der Waals surface area (Å²) in [5.41, 5.74) is 1.06. The highest BCUT2D eigenvalue weighted by molar-refractivity contribution is 7.89. The van der Waals surface area contributed by atoms with Crippen molar-refractivity contribution >= 4 is 10.0 Å². The third kappa shape index (κ3) is 3.24. The third-order valence-electron chi connectivity index (χ3n) is 3.69. The highest BCUT2D eigenvalue weighted by Gasteiger charge is 2.29. The molecule has 0 bridgehead atoms. The Kier molecular flexibility index (Phi) is 4.56. The van der Waals surface area contributed by atoms with E-state index in [1.807, 2.05) is 13.0 Å². The van der Waals surface area contributed by atoms with Crippen LogP contribution in [0, 0.1) is 0 Å². The van der Waals surface area contributed by atoms with Gasteiger partial charge in [0.25, 0.3) is 0 Å². The van der Waals surface area contributed by atoms with Gasteiger partial charge in [-0.15, -0.1) is 0 Å². The lowest BCUT2D eigenvalue weighted by Gasteiger charge is -2.13. The van der Waals surface area contributed by atoms with E-state index in [-0.39, 0.29) is 0 Å². The van der Waals surface area contributed by atoms with Crippen LogP contribution in [0.2, 0.25) is 0 Å². The van der Waals surface area contributed by atoms with Crippen LogP contribution < -0.4 is 5.32 Å². The fourth-order valence-electron chi connectivity index (χ4n) is 2.13. The molecule has 0 spiro atoms. The van der Waals surface area contributed by atoms with Gasteiger partial charge in [0.1, 0.15) is 4.90 Å². The van der Waals surface area contributed by atoms with Gasteiger partial charge < -0.3 is 9.88 Å². The van der Waals surface area contributed by atoms with Gasteiger partial charge in [-0.25, -0.2) is 12.7 Å². The maximum Gasteiger partial charge on any atom is 0.244 e. The third-order valence-corrected chi connectivity index (χ3v) is 5.59. The quantitative estimate of drug-likeness (QED) is 0.837. The molecule has 0 aliphatic heterocycles. The van der Waals surface area contributed by atoms with Crippen LogP contribution in [0.5, 0.6) is 0 Å². The molecular weight excluding hydrogens is 274 g/mol. The van der Waals surface area contributed by atoms with E-state index in [1.165, 1.54) is 4.31 Å². The Morgan fingerprint density at radius 3 is 2.60 bits per heavy atom. The van der Waals surface area contributed by atoms with Crippen LogP contribution in [0.25, 0.3) is 0 Å². The van der Waals surface area contributed by atoms with Crippen molar-refractivity contribution in [1.29, 1.82) is 0 Å². The molecule has 0 atom stereocenters. The van der Waals surface area contributed by atoms with Gasteiger partial charge >= 0.3 is 0 Å². The molecule has 1 heterocycles. The SMILES string of the molecule is CCN(C)S(=O)(=O)c1cc(CNC(C)C)n(C2CC2)c1. The van der Waals surface area contributed by atoms with E-state index in [0.717, 1.165) is 18.5 Å². The van der Waals surface area contributed by atoms with Crippen molar-refractivity contribution in [1.82, 2.24) is 14.2 Å². The minimum absolute atomic E-state index is 0.385. The van der Waals surface area contributed by atoms with Crippen LogP contribution in [0.1, 0.15) is 45.3 Å². The van der Waals surface area contributed by atoms with Gasteiger partial charge in [-0.05, 0) is 18.9 Å². The molecule has 0 radical (unpaired) electrons. The Morgan fingerprint density at radius 2 is 2.10 bits per heavy atom. The minimum atomic E-state index is -3.35. The zero-order valence-corrected chi connectivity index (χ0v) is 13.6. The average Bonchev–Trinajstić information content (AvgIpc) is 3.14. The zero-order chi connectivity index (χ0) is 14.9. The Hall–Kier alpha value is -0.850. The van der Waals surface area contributed by atoms with Gasteiger partial charge in [-0.3, -0.25) is 0 Å². The molecule has 20 heavy (non-hydrogen) atoms. The molecule has 0 amide bonds. The topological polar surface area (TPSA) is 54.3 Å². The molecule has 114 valence electrons. The summed E-state index contributed by atoms with van der Waals surface area (Å²) in [5.74, 6) is 0. The van der Waals surface area contributed by atoms with E-state index >= 15 is 0 Å². The second kappa shape index (κ2) is 5.87. The highest BCUT2D eigenvalue weighted by atomic mass is 32.2. The van der Waals surface area contributed by atoms with Crippen LogP contribution in [0.4, 0.5) is 0 Å². The van der Waals surface area contributed by atoms with Gasteiger partial charge in [0.15, 0.2) is 0 Å². The summed E-state index contributed by atoms with van der Waals surface area (Å²) in [7, 11) is -1.73. The van der Waals surface area contributed by atoms with Gasteiger partial charge in [-0.2, -0.15) is 0 Å². The summed E-state index contributed by atoms with van der Waals surface area (Å²) in [6.45, 7) is 7.21. The van der Waals surface area contributed by atoms with Crippen LogP contribution in [-0.4, -0.2) is 36.9 Å². The molecule has 2 rings (SSSR count). The first-order valence-corrected chi connectivity index (χ1v) is 8.70. The Morgan fingerprint density at radius 1 is 1.45 bits per heavy atom. The second-order valence-electron chi connectivity index (χ2n) is 5.76. The predicted molar refractivity (Wildman–Crippen MR) is 80.2 cm³/mol. The first kappa shape index (κ1) is 15.5. The van der Waals surface area contributed by atoms with Crippen LogP contribution in [0.3, 0.4) is 0 Å². The molecule has 1 N–H and O–H groups in total. The van der Waals surface area contributed by atoms with Crippen molar-refractivity contribution in [3.05, 3.63) is 18.0 Å². The van der Waals surface area contributed by atoms with E-state index in [1.54, 1.807) is 13.2 Å². The maximum atomic E-state index is 12.4. The first-order valence-electron chi connectivity index (χ1n) is 7.26. The van der Waals surface area contributed by atoms with E-state index in [4.69, 9.17) is 0 Å². The van der Waals surface area contributed by atoms with Crippen LogP contribution in [0.15, 0.2) is 17.2 Å². The molecule has 5 nitrogen and oxygen atoms in total. The number of hydrogen-bond donors (Lipinski definition) is 1. The molecular formula is C14H25N3O2S. The summed E-state index contributed by atoms with van der Waals surface area (Å²) in [5, 5.41) is 3.36. The lowest BCUT2D eigenvalue weighted by molar-refractivity contribution is 0.486. The standard InChI is InChI=1S/C14H25N3O2S/c1-5-16(4)20(18,19)14-8-13(9-15-11(2)3)17(10-14)12-6-7-12/h8,10-12,15H,5-7,9H2,1-4H3. The molecule has 1 fully saturated rings. The smallest absolute Gasteiger partial charge is 0.244 e. The Labute approximate surface area is 122 Å². The molecule has 1 aliphatic rings. The number of hydrogen-bond acceptors (Lipinski definition) is 3. The lowest BCUT2D eigenvalue weighted by Crippen LogP contribution is -2.26. The van der Waals surface area contributed by atoms with Crippen LogP contribution >= 0.6 is 0 Å². The normalized spacial score (nSPS) is 16.3. The van der Waals surface area contributed by atoms with Gasteiger partial charge in [0.05, 0.1) is 0 Å². The Balaban J connectivity index is 2.29. The minimum Gasteiger partial charge on any atom is -0.346 e. The molecule has 1 saturated carbocycles. The molecule has 1 aromatic heterocycles. The monoisotopic (exact) mass is 299 g/mol. The largest absolute Gasteiger partial charge is 0.346 e. The zero-order valence-electron chi connectivity index (χ0n) is 12.8. The first-order chi connectivity index (χ1) is 9.36. The molecule has 1 aliphatic carbocycles. The van der Waals surface area contributed by atoms with Crippen molar-refractivity contribution in [2.45, 2.75) is 57.1 Å². The maximum absolute atomic E-state index is 12.4. The van der Waals surface area contributed by atoms with Crippen molar-refractivity contribution in [3.63, 3.8) is 0 Å². The molecule has 6 heteroatoms. The van der Waals surface area contributed by atoms with Gasteiger partial charge in [0, 0.05) is 44.1 Å². The molecule has 0 aromatic carbocycles. The number of nitrogens with zero attached hydrogens (tertiary/aromatic N) is 2.